The van der Waals surface area contributed by atoms with Crippen LogP contribution in [0.2, 0.25) is 0 Å². The number of benzene rings is 2. The summed E-state index contributed by atoms with van der Waals surface area (Å²) in [5.74, 6) is 0.0384. The first-order chi connectivity index (χ1) is 13.0. The summed E-state index contributed by atoms with van der Waals surface area (Å²) < 4.78 is 11.1. The lowest BCUT2D eigenvalue weighted by molar-refractivity contribution is -0.129. The smallest absolute Gasteiger partial charge is 0.239 e. The van der Waals surface area contributed by atoms with Crippen LogP contribution in [0, 0.1) is 12.8 Å². The Morgan fingerprint density at radius 2 is 1.89 bits per heavy atom. The van der Waals surface area contributed by atoms with Gasteiger partial charge in [0.25, 0.3) is 0 Å². The lowest BCUT2D eigenvalue weighted by atomic mass is 10.1. The van der Waals surface area contributed by atoms with Gasteiger partial charge in [0, 0.05) is 29.7 Å². The molecule has 148 valence electrons. The Bertz CT molecular complexity index is 918. The molecule has 2 aliphatic heterocycles. The van der Waals surface area contributed by atoms with E-state index >= 15 is 0 Å². The number of rotatable bonds is 3. The van der Waals surface area contributed by atoms with E-state index in [2.05, 4.69) is 5.32 Å². The van der Waals surface area contributed by atoms with Crippen LogP contribution < -0.4 is 25.4 Å². The molecule has 0 radical (unpaired) electrons. The van der Waals surface area contributed by atoms with Crippen molar-refractivity contribution in [3.05, 3.63) is 42.0 Å². The van der Waals surface area contributed by atoms with E-state index in [1.54, 1.807) is 29.2 Å². The molecule has 1 fully saturated rings. The molecule has 1 saturated heterocycles. The lowest BCUT2D eigenvalue weighted by Gasteiger charge is -2.22. The second-order valence-electron chi connectivity index (χ2n) is 6.72. The van der Waals surface area contributed by atoms with Crippen LogP contribution in [0.25, 0.3) is 0 Å². The van der Waals surface area contributed by atoms with Crippen LogP contribution in [-0.2, 0) is 9.59 Å². The van der Waals surface area contributed by atoms with Crippen molar-refractivity contribution in [1.82, 2.24) is 0 Å². The molecule has 1 unspecified atom stereocenters. The molecule has 3 N–H and O–H groups in total. The van der Waals surface area contributed by atoms with Gasteiger partial charge in [-0.3, -0.25) is 9.59 Å². The largest absolute Gasteiger partial charge is 0.486 e. The average Bonchev–Trinajstić information content (AvgIpc) is 3.06. The Morgan fingerprint density at radius 3 is 2.68 bits per heavy atom. The molecule has 2 amide bonds. The lowest BCUT2D eigenvalue weighted by Crippen LogP contribution is -2.33. The van der Waals surface area contributed by atoms with Crippen molar-refractivity contribution in [3.63, 3.8) is 0 Å². The minimum atomic E-state index is -0.723. The number of hydrogen-bond donors (Lipinski definition) is 2. The molecule has 2 aromatic carbocycles. The zero-order valence-corrected chi connectivity index (χ0v) is 16.3. The minimum absolute atomic E-state index is 0. The van der Waals surface area contributed by atoms with Crippen molar-refractivity contribution in [2.45, 2.75) is 13.3 Å². The highest BCUT2D eigenvalue weighted by atomic mass is 35.5. The number of anilines is 3. The van der Waals surface area contributed by atoms with Crippen LogP contribution in [0.4, 0.5) is 17.1 Å². The molecule has 2 aliphatic rings. The van der Waals surface area contributed by atoms with Crippen molar-refractivity contribution in [2.75, 3.05) is 35.7 Å². The molecule has 0 bridgehead atoms. The van der Waals surface area contributed by atoms with Crippen molar-refractivity contribution in [2.24, 2.45) is 5.92 Å². The van der Waals surface area contributed by atoms with E-state index in [0.717, 1.165) is 5.56 Å². The zero-order valence-electron chi connectivity index (χ0n) is 15.4. The molecule has 2 heterocycles. The number of nitrogens with one attached hydrogen (secondary N) is 1. The van der Waals surface area contributed by atoms with E-state index in [0.29, 0.717) is 54.7 Å². The molecule has 8 heteroatoms. The van der Waals surface area contributed by atoms with Crippen molar-refractivity contribution < 1.29 is 19.1 Å². The van der Waals surface area contributed by atoms with Crippen LogP contribution in [-0.4, -0.2) is 31.6 Å². The maximum absolute atomic E-state index is 12.8. The maximum Gasteiger partial charge on any atom is 0.239 e. The van der Waals surface area contributed by atoms with Crippen molar-refractivity contribution in [1.29, 1.82) is 0 Å². The number of nitrogens with zero attached hydrogens (tertiary/aromatic N) is 1. The standard InChI is InChI=1S/C20H21N3O4.ClH/c1-12-2-3-13(21)10-16(12)22-19(24)15-6-7-23(20(15)25)14-4-5-17-18(11-14)27-9-8-26-17;/h2-5,10-11,15H,6-9,21H2,1H3,(H,22,24);1H. The first-order valence-electron chi connectivity index (χ1n) is 8.91. The van der Waals surface area contributed by atoms with Gasteiger partial charge in [-0.25, -0.2) is 0 Å². The highest BCUT2D eigenvalue weighted by Gasteiger charge is 2.38. The van der Waals surface area contributed by atoms with Crippen LogP contribution in [0.15, 0.2) is 36.4 Å². The van der Waals surface area contributed by atoms with Gasteiger partial charge in [-0.2, -0.15) is 0 Å². The van der Waals surface area contributed by atoms with Crippen LogP contribution in [0.5, 0.6) is 11.5 Å². The molecule has 7 nitrogen and oxygen atoms in total. The van der Waals surface area contributed by atoms with Gasteiger partial charge < -0.3 is 25.4 Å². The van der Waals surface area contributed by atoms with Gasteiger partial charge in [0.2, 0.25) is 11.8 Å². The molecule has 2 aromatic rings. The molecule has 0 aromatic heterocycles. The van der Waals surface area contributed by atoms with E-state index in [1.807, 2.05) is 19.1 Å². The van der Waals surface area contributed by atoms with E-state index in [1.165, 1.54) is 0 Å². The second-order valence-corrected chi connectivity index (χ2v) is 6.72. The number of fused-ring (bicyclic) bond motifs is 1. The first-order valence-corrected chi connectivity index (χ1v) is 8.91. The molecular formula is C20H22ClN3O4. The molecular weight excluding hydrogens is 382 g/mol. The maximum atomic E-state index is 12.8. The Kier molecular flexibility index (Phi) is 5.65. The number of carbonyl (C=O) groups excluding carboxylic acids is 2. The zero-order chi connectivity index (χ0) is 19.0. The third-order valence-electron chi connectivity index (χ3n) is 4.88. The molecule has 4 rings (SSSR count). The fraction of sp³-hybridized carbons (Fsp3) is 0.300. The Balaban J connectivity index is 0.00000225. The van der Waals surface area contributed by atoms with Gasteiger partial charge in [0.1, 0.15) is 19.1 Å². The quantitative estimate of drug-likeness (QED) is 0.607. The average molecular weight is 404 g/mol. The Morgan fingerprint density at radius 1 is 1.14 bits per heavy atom. The summed E-state index contributed by atoms with van der Waals surface area (Å²) in [6.45, 7) is 3.36. The predicted octanol–water partition coefficient (Wildman–Crippen LogP) is 2.76. The molecule has 28 heavy (non-hydrogen) atoms. The molecule has 0 aliphatic carbocycles. The number of ether oxygens (including phenoxy) is 2. The van der Waals surface area contributed by atoms with E-state index in [4.69, 9.17) is 15.2 Å². The number of aryl methyl sites for hydroxylation is 1. The summed E-state index contributed by atoms with van der Waals surface area (Å²) in [4.78, 5) is 27.1. The first kappa shape index (κ1) is 19.8. The summed E-state index contributed by atoms with van der Waals surface area (Å²) in [7, 11) is 0. The number of amides is 2. The van der Waals surface area contributed by atoms with Crippen molar-refractivity contribution >= 4 is 41.3 Å². The Labute approximate surface area is 169 Å². The summed E-state index contributed by atoms with van der Waals surface area (Å²) in [6, 6.07) is 10.7. The predicted molar refractivity (Wildman–Crippen MR) is 109 cm³/mol. The number of nitrogen functional groups attached to an aromatic ring is 1. The summed E-state index contributed by atoms with van der Waals surface area (Å²) in [5, 5.41) is 2.83. The SMILES string of the molecule is Cc1ccc(N)cc1NC(=O)C1CCN(c2ccc3c(c2)OCCO3)C1=O.Cl. The summed E-state index contributed by atoms with van der Waals surface area (Å²) in [5.41, 5.74) is 8.58. The monoisotopic (exact) mass is 403 g/mol. The summed E-state index contributed by atoms with van der Waals surface area (Å²) in [6.07, 6.45) is 0.459. The molecule has 0 spiro atoms. The third kappa shape index (κ3) is 3.71. The van der Waals surface area contributed by atoms with Crippen LogP contribution >= 0.6 is 12.4 Å². The van der Waals surface area contributed by atoms with Gasteiger partial charge in [0.05, 0.1) is 0 Å². The molecule has 0 saturated carbocycles. The summed E-state index contributed by atoms with van der Waals surface area (Å²) >= 11 is 0. The normalized spacial score (nSPS) is 17.8. The van der Waals surface area contributed by atoms with Gasteiger partial charge >= 0.3 is 0 Å². The van der Waals surface area contributed by atoms with E-state index < -0.39 is 5.92 Å². The van der Waals surface area contributed by atoms with E-state index in [-0.39, 0.29) is 24.2 Å². The number of hydrogen-bond acceptors (Lipinski definition) is 5. The van der Waals surface area contributed by atoms with Gasteiger partial charge in [-0.15, -0.1) is 12.4 Å². The fourth-order valence-corrected chi connectivity index (χ4v) is 3.37. The van der Waals surface area contributed by atoms with Crippen LogP contribution in [0.3, 0.4) is 0 Å². The number of carbonyl (C=O) groups is 2. The topological polar surface area (TPSA) is 93.9 Å². The van der Waals surface area contributed by atoms with Gasteiger partial charge in [-0.05, 0) is 43.2 Å². The van der Waals surface area contributed by atoms with Gasteiger partial charge in [-0.1, -0.05) is 6.07 Å². The van der Waals surface area contributed by atoms with Crippen molar-refractivity contribution in [3.8, 4) is 11.5 Å². The highest BCUT2D eigenvalue weighted by Crippen LogP contribution is 2.36. The van der Waals surface area contributed by atoms with Crippen LogP contribution in [0.1, 0.15) is 12.0 Å². The fourth-order valence-electron chi connectivity index (χ4n) is 3.37. The molecule has 1 atom stereocenters. The third-order valence-corrected chi connectivity index (χ3v) is 4.88. The van der Waals surface area contributed by atoms with E-state index in [9.17, 15) is 9.59 Å². The highest BCUT2D eigenvalue weighted by molar-refractivity contribution is 6.13. The van der Waals surface area contributed by atoms with Gasteiger partial charge in [0.15, 0.2) is 11.5 Å². The number of nitrogens with two attached hydrogens (primary N) is 1. The number of halogens is 1. The second kappa shape index (κ2) is 7.98. The Hall–Kier alpha value is -2.93. The minimum Gasteiger partial charge on any atom is -0.486 e.